The molecule has 0 spiro atoms. The molecule has 2 amide bonds. The van der Waals surface area contributed by atoms with E-state index in [9.17, 15) is 19.7 Å². The van der Waals surface area contributed by atoms with Crippen molar-refractivity contribution in [1.82, 2.24) is 5.32 Å². The Balaban J connectivity index is 1.56. The van der Waals surface area contributed by atoms with Gasteiger partial charge in [-0.25, -0.2) is 0 Å². The van der Waals surface area contributed by atoms with Crippen LogP contribution in [-0.4, -0.2) is 35.9 Å². The first-order chi connectivity index (χ1) is 13.9. The number of hydrogen-bond donors (Lipinski definition) is 2. The van der Waals surface area contributed by atoms with Crippen LogP contribution in [0.4, 0.5) is 17.1 Å². The van der Waals surface area contributed by atoms with Crippen LogP contribution in [0.5, 0.6) is 0 Å². The van der Waals surface area contributed by atoms with Crippen LogP contribution in [0.25, 0.3) is 0 Å². The van der Waals surface area contributed by atoms with Gasteiger partial charge >= 0.3 is 0 Å². The fourth-order valence-electron chi connectivity index (χ4n) is 3.26. The Labute approximate surface area is 169 Å². The van der Waals surface area contributed by atoms with Gasteiger partial charge in [0.05, 0.1) is 4.92 Å². The molecule has 1 atom stereocenters. The van der Waals surface area contributed by atoms with Gasteiger partial charge in [-0.15, -0.1) is 0 Å². The zero-order valence-corrected chi connectivity index (χ0v) is 16.3. The molecule has 0 bridgehead atoms. The molecule has 2 N–H and O–H groups in total. The number of nitrogens with zero attached hydrogens (tertiary/aromatic N) is 2. The van der Waals surface area contributed by atoms with Crippen molar-refractivity contribution in [3.05, 3.63) is 64.2 Å². The van der Waals surface area contributed by atoms with E-state index in [0.29, 0.717) is 5.69 Å². The number of amides is 2. The predicted molar refractivity (Wildman–Crippen MR) is 111 cm³/mol. The number of carbonyl (C=O) groups is 2. The van der Waals surface area contributed by atoms with E-state index in [1.165, 1.54) is 43.5 Å². The highest BCUT2D eigenvalue weighted by Gasteiger charge is 2.18. The minimum atomic E-state index is -0.802. The van der Waals surface area contributed by atoms with Gasteiger partial charge in [-0.1, -0.05) is 6.07 Å². The summed E-state index contributed by atoms with van der Waals surface area (Å²) in [6, 6.07) is 12.2. The number of piperidine rings is 1. The Morgan fingerprint density at radius 2 is 1.76 bits per heavy atom. The number of nitrogens with one attached hydrogen (secondary N) is 2. The van der Waals surface area contributed by atoms with Crippen molar-refractivity contribution in [2.24, 2.45) is 0 Å². The van der Waals surface area contributed by atoms with Gasteiger partial charge in [-0.3, -0.25) is 19.7 Å². The molecule has 1 fully saturated rings. The van der Waals surface area contributed by atoms with Gasteiger partial charge in [0, 0.05) is 42.2 Å². The van der Waals surface area contributed by atoms with E-state index < -0.39 is 16.9 Å². The number of nitro groups is 1. The van der Waals surface area contributed by atoms with Crippen LogP contribution in [-0.2, 0) is 4.79 Å². The van der Waals surface area contributed by atoms with E-state index in [0.717, 1.165) is 18.8 Å². The molecule has 1 aliphatic rings. The van der Waals surface area contributed by atoms with Gasteiger partial charge in [-0.2, -0.15) is 0 Å². The Morgan fingerprint density at radius 3 is 2.41 bits per heavy atom. The first-order valence-corrected chi connectivity index (χ1v) is 9.65. The van der Waals surface area contributed by atoms with Crippen molar-refractivity contribution in [3.63, 3.8) is 0 Å². The first kappa shape index (κ1) is 20.3. The summed E-state index contributed by atoms with van der Waals surface area (Å²) in [7, 11) is 0. The summed E-state index contributed by atoms with van der Waals surface area (Å²) in [4.78, 5) is 37.3. The lowest BCUT2D eigenvalue weighted by atomic mass is 10.1. The monoisotopic (exact) mass is 396 g/mol. The normalized spacial score (nSPS) is 14.7. The second-order valence-electron chi connectivity index (χ2n) is 7.09. The fourth-order valence-corrected chi connectivity index (χ4v) is 3.26. The molecule has 152 valence electrons. The van der Waals surface area contributed by atoms with Gasteiger partial charge in [0.2, 0.25) is 5.91 Å². The largest absolute Gasteiger partial charge is 0.372 e. The van der Waals surface area contributed by atoms with Gasteiger partial charge in [0.25, 0.3) is 11.6 Å². The van der Waals surface area contributed by atoms with Crippen LogP contribution < -0.4 is 15.5 Å². The van der Waals surface area contributed by atoms with Crippen LogP contribution >= 0.6 is 0 Å². The average Bonchev–Trinajstić information content (AvgIpc) is 2.75. The highest BCUT2D eigenvalue weighted by molar-refractivity contribution is 6.01. The van der Waals surface area contributed by atoms with Gasteiger partial charge < -0.3 is 15.5 Å². The molecule has 8 nitrogen and oxygen atoms in total. The third-order valence-electron chi connectivity index (χ3n) is 4.92. The van der Waals surface area contributed by atoms with Crippen molar-refractivity contribution in [3.8, 4) is 0 Å². The van der Waals surface area contributed by atoms with Crippen molar-refractivity contribution in [1.29, 1.82) is 0 Å². The summed E-state index contributed by atoms with van der Waals surface area (Å²) in [6.07, 6.45) is 3.66. The molecule has 0 aromatic heterocycles. The minimum absolute atomic E-state index is 0.129. The van der Waals surface area contributed by atoms with E-state index in [2.05, 4.69) is 15.5 Å². The number of benzene rings is 2. The van der Waals surface area contributed by atoms with E-state index >= 15 is 0 Å². The van der Waals surface area contributed by atoms with Crippen molar-refractivity contribution >= 4 is 28.9 Å². The average molecular weight is 396 g/mol. The summed E-state index contributed by atoms with van der Waals surface area (Å²) in [5.74, 6) is -0.911. The second-order valence-corrected chi connectivity index (χ2v) is 7.09. The zero-order chi connectivity index (χ0) is 20.8. The molecule has 1 unspecified atom stereocenters. The van der Waals surface area contributed by atoms with Gasteiger partial charge in [0.1, 0.15) is 6.04 Å². The Morgan fingerprint density at radius 1 is 1.07 bits per heavy atom. The molecule has 3 rings (SSSR count). The van der Waals surface area contributed by atoms with E-state index in [1.54, 1.807) is 6.92 Å². The summed E-state index contributed by atoms with van der Waals surface area (Å²) in [5.41, 5.74) is 1.73. The third kappa shape index (κ3) is 5.31. The molecule has 1 aliphatic heterocycles. The molecule has 0 saturated carbocycles. The smallest absolute Gasteiger partial charge is 0.270 e. The first-order valence-electron chi connectivity index (χ1n) is 9.65. The Bertz CT molecular complexity index is 892. The van der Waals surface area contributed by atoms with Crippen LogP contribution in [0, 0.1) is 10.1 Å². The molecule has 0 radical (unpaired) electrons. The number of nitro benzene ring substituents is 1. The van der Waals surface area contributed by atoms with E-state index in [-0.39, 0.29) is 17.2 Å². The SMILES string of the molecule is CC(NC(=O)c1cccc([N+](=O)[O-])c1)C(=O)Nc1ccc(N2CCCCC2)cc1. The molecule has 0 aliphatic carbocycles. The summed E-state index contributed by atoms with van der Waals surface area (Å²) in [6.45, 7) is 3.66. The lowest BCUT2D eigenvalue weighted by Gasteiger charge is -2.28. The van der Waals surface area contributed by atoms with E-state index in [4.69, 9.17) is 0 Å². The molecule has 1 saturated heterocycles. The topological polar surface area (TPSA) is 105 Å². The summed E-state index contributed by atoms with van der Waals surface area (Å²) >= 11 is 0. The molecular weight excluding hydrogens is 372 g/mol. The van der Waals surface area contributed by atoms with Crippen LogP contribution in [0.1, 0.15) is 36.5 Å². The Hall–Kier alpha value is -3.42. The molecular formula is C21H24N4O4. The minimum Gasteiger partial charge on any atom is -0.372 e. The fraction of sp³-hybridized carbons (Fsp3) is 0.333. The number of rotatable bonds is 6. The molecule has 29 heavy (non-hydrogen) atoms. The van der Waals surface area contributed by atoms with Crippen molar-refractivity contribution in [2.45, 2.75) is 32.2 Å². The summed E-state index contributed by atoms with van der Waals surface area (Å²) < 4.78 is 0. The van der Waals surface area contributed by atoms with Crippen molar-refractivity contribution < 1.29 is 14.5 Å². The molecule has 8 heteroatoms. The van der Waals surface area contributed by atoms with Crippen molar-refractivity contribution in [2.75, 3.05) is 23.3 Å². The number of non-ortho nitro benzene ring substituents is 1. The van der Waals surface area contributed by atoms with Crippen LogP contribution in [0.15, 0.2) is 48.5 Å². The predicted octanol–water partition coefficient (Wildman–Crippen LogP) is 3.34. The molecule has 2 aromatic rings. The Kier molecular flexibility index (Phi) is 6.43. The quantitative estimate of drug-likeness (QED) is 0.576. The second kappa shape index (κ2) is 9.18. The maximum Gasteiger partial charge on any atom is 0.270 e. The highest BCUT2D eigenvalue weighted by atomic mass is 16.6. The zero-order valence-electron chi connectivity index (χ0n) is 16.3. The van der Waals surface area contributed by atoms with Gasteiger partial charge in [-0.05, 0) is 56.5 Å². The van der Waals surface area contributed by atoms with Crippen LogP contribution in [0.3, 0.4) is 0 Å². The molecule has 1 heterocycles. The summed E-state index contributed by atoms with van der Waals surface area (Å²) in [5, 5.41) is 16.2. The van der Waals surface area contributed by atoms with E-state index in [1.807, 2.05) is 24.3 Å². The lowest BCUT2D eigenvalue weighted by Crippen LogP contribution is -2.41. The standard InChI is InChI=1S/C21H24N4O4/c1-15(22-21(27)16-6-5-7-19(14-16)25(28)29)20(26)23-17-8-10-18(11-9-17)24-12-3-2-4-13-24/h5-11,14-15H,2-4,12-13H2,1H3,(H,22,27)(H,23,26). The number of carbonyl (C=O) groups excluding carboxylic acids is 2. The maximum atomic E-state index is 12.4. The lowest BCUT2D eigenvalue weighted by molar-refractivity contribution is -0.384. The third-order valence-corrected chi connectivity index (χ3v) is 4.92. The number of hydrogen-bond acceptors (Lipinski definition) is 5. The maximum absolute atomic E-state index is 12.4. The molecule has 2 aromatic carbocycles. The van der Waals surface area contributed by atoms with Gasteiger partial charge in [0.15, 0.2) is 0 Å². The number of anilines is 2. The highest BCUT2D eigenvalue weighted by Crippen LogP contribution is 2.22. The van der Waals surface area contributed by atoms with Crippen LogP contribution in [0.2, 0.25) is 0 Å².